The number of hydrogen-bond donors (Lipinski definition) is 1. The molecule has 0 unspecified atom stereocenters. The lowest BCUT2D eigenvalue weighted by atomic mass is 9.84. The molecule has 0 aliphatic carbocycles. The molecular weight excluding hydrogens is 797 g/mol. The molecular formula is C49H64O13. The summed E-state index contributed by atoms with van der Waals surface area (Å²) in [5.74, 6) is 5.48. The fourth-order valence-corrected chi connectivity index (χ4v) is 8.09. The summed E-state index contributed by atoms with van der Waals surface area (Å²) < 4.78 is 61.3. The van der Waals surface area contributed by atoms with E-state index < -0.39 is 5.41 Å². The minimum atomic E-state index is -0.572. The van der Waals surface area contributed by atoms with E-state index in [2.05, 4.69) is 0 Å². The van der Waals surface area contributed by atoms with Crippen LogP contribution in [0.25, 0.3) is 0 Å². The Balaban J connectivity index is 0.000000238. The number of methoxy groups -OCH3 is 8. The van der Waals surface area contributed by atoms with Gasteiger partial charge in [-0.25, -0.2) is 0 Å². The van der Waals surface area contributed by atoms with E-state index >= 15 is 0 Å². The molecule has 0 amide bonds. The number of carbonyl (C=O) groups excluding carboxylic acids is 1. The van der Waals surface area contributed by atoms with Crippen molar-refractivity contribution in [2.45, 2.75) is 45.8 Å². The predicted molar refractivity (Wildman–Crippen MR) is 234 cm³/mol. The number of benzene rings is 4. The van der Waals surface area contributed by atoms with Crippen LogP contribution in [-0.2, 0) is 31.8 Å². The Morgan fingerprint density at radius 2 is 0.887 bits per heavy atom. The molecule has 2 aliphatic heterocycles. The Kier molecular flexibility index (Phi) is 17.0. The molecule has 338 valence electrons. The molecule has 62 heavy (non-hydrogen) atoms. The van der Waals surface area contributed by atoms with Gasteiger partial charge in [0.1, 0.15) is 0 Å². The predicted octanol–water partition coefficient (Wildman–Crippen LogP) is 8.12. The maximum absolute atomic E-state index is 12.5. The highest BCUT2D eigenvalue weighted by molar-refractivity contribution is 5.75. The zero-order valence-corrected chi connectivity index (χ0v) is 38.0. The molecule has 0 spiro atoms. The van der Waals surface area contributed by atoms with Crippen molar-refractivity contribution in [3.05, 3.63) is 95.1 Å². The number of aliphatic hydroxyl groups is 1. The van der Waals surface area contributed by atoms with Crippen LogP contribution in [0.3, 0.4) is 0 Å². The Morgan fingerprint density at radius 1 is 0.532 bits per heavy atom. The molecule has 0 bridgehead atoms. The Bertz CT molecular complexity index is 2060. The number of esters is 1. The second kappa shape index (κ2) is 22.1. The van der Waals surface area contributed by atoms with Gasteiger partial charge in [0.25, 0.3) is 0 Å². The number of ether oxygens (including phenoxy) is 11. The van der Waals surface area contributed by atoms with E-state index in [0.717, 1.165) is 35.1 Å². The molecule has 2 aliphatic rings. The number of rotatable bonds is 17. The largest absolute Gasteiger partial charge is 0.493 e. The third-order valence-corrected chi connectivity index (χ3v) is 11.6. The fourth-order valence-electron chi connectivity index (χ4n) is 8.09. The van der Waals surface area contributed by atoms with Gasteiger partial charge in [0, 0.05) is 18.4 Å². The lowest BCUT2D eigenvalue weighted by Gasteiger charge is -2.26. The van der Waals surface area contributed by atoms with E-state index in [1.807, 2.05) is 93.6 Å². The Labute approximate surface area is 366 Å². The van der Waals surface area contributed by atoms with Gasteiger partial charge < -0.3 is 57.2 Å². The molecule has 2 saturated heterocycles. The van der Waals surface area contributed by atoms with Gasteiger partial charge >= 0.3 is 5.97 Å². The first-order chi connectivity index (χ1) is 29.9. The third-order valence-electron chi connectivity index (χ3n) is 11.6. The second-order valence-electron chi connectivity index (χ2n) is 16.4. The van der Waals surface area contributed by atoms with Crippen molar-refractivity contribution >= 4 is 5.97 Å². The highest BCUT2D eigenvalue weighted by Gasteiger charge is 2.41. The van der Waals surface area contributed by atoms with E-state index in [0.29, 0.717) is 59.2 Å². The fraction of sp³-hybridized carbons (Fsp3) is 0.490. The standard InChI is InChI=1S/C27H36O7.C22H28O6/c1-27(2,3)26(28)34-16-20-19(12-17-8-10-21(29-4)23(13-17)31-6)15-33-25(20)18-9-11-22(30-5)24(14-18)32-7;1-24-18-7-5-14(10-20(18)26-3)9-16-13-28-22(17(16)12-23)15-6-8-19(25-2)21(11-15)27-4/h8-11,13-14,19-20,25H,12,15-16H2,1-7H3;5-8,10-11,16-17,22-23H,9,12-13H2,1-4H3/t19-,20-,25+;16-,17-,22+/m00/s1. The summed E-state index contributed by atoms with van der Waals surface area (Å²) in [6.45, 7) is 7.02. The quantitative estimate of drug-likeness (QED) is 0.102. The van der Waals surface area contributed by atoms with Crippen molar-refractivity contribution in [3.63, 3.8) is 0 Å². The lowest BCUT2D eigenvalue weighted by molar-refractivity contribution is -0.155. The van der Waals surface area contributed by atoms with Crippen LogP contribution >= 0.6 is 0 Å². The average Bonchev–Trinajstić information content (AvgIpc) is 3.90. The van der Waals surface area contributed by atoms with Crippen molar-refractivity contribution in [3.8, 4) is 46.0 Å². The summed E-state index contributed by atoms with van der Waals surface area (Å²) in [5.41, 5.74) is 3.59. The van der Waals surface area contributed by atoms with Gasteiger partial charge in [-0.1, -0.05) is 24.3 Å². The second-order valence-corrected chi connectivity index (χ2v) is 16.4. The molecule has 2 heterocycles. The minimum absolute atomic E-state index is 0.00815. The number of aliphatic hydroxyl groups excluding tert-OH is 1. The van der Waals surface area contributed by atoms with Crippen LogP contribution in [-0.4, -0.2) is 94.4 Å². The Morgan fingerprint density at radius 3 is 1.26 bits per heavy atom. The number of hydrogen-bond acceptors (Lipinski definition) is 13. The summed E-state index contributed by atoms with van der Waals surface area (Å²) in [6.07, 6.45) is 1.12. The SMILES string of the molecule is COc1ccc(C[C@H]2CO[C@H](c3ccc(OC)c(OC)c3)[C@H]2CO)cc1OC.COc1ccc(C[C@H]2CO[C@H](c3ccc(OC)c(OC)c3)[C@H]2COC(=O)C(C)(C)C)cc1OC. The zero-order chi connectivity index (χ0) is 45.0. The van der Waals surface area contributed by atoms with Crippen molar-refractivity contribution < 1.29 is 62.0 Å². The smallest absolute Gasteiger partial charge is 0.311 e. The van der Waals surface area contributed by atoms with Gasteiger partial charge in [0.2, 0.25) is 0 Å². The van der Waals surface area contributed by atoms with Crippen LogP contribution < -0.4 is 37.9 Å². The van der Waals surface area contributed by atoms with E-state index in [1.165, 1.54) is 0 Å². The summed E-state index contributed by atoms with van der Waals surface area (Å²) in [6, 6.07) is 23.4. The van der Waals surface area contributed by atoms with E-state index in [9.17, 15) is 9.90 Å². The van der Waals surface area contributed by atoms with Crippen LogP contribution in [0.1, 0.15) is 55.2 Å². The van der Waals surface area contributed by atoms with Crippen LogP contribution in [0, 0.1) is 29.1 Å². The maximum atomic E-state index is 12.5. The van der Waals surface area contributed by atoms with Crippen molar-refractivity contribution in [1.82, 2.24) is 0 Å². The molecule has 0 aromatic heterocycles. The van der Waals surface area contributed by atoms with Gasteiger partial charge in [-0.15, -0.1) is 0 Å². The van der Waals surface area contributed by atoms with Crippen LogP contribution in [0.4, 0.5) is 0 Å². The van der Waals surface area contributed by atoms with Crippen LogP contribution in [0.15, 0.2) is 72.8 Å². The topological polar surface area (TPSA) is 139 Å². The maximum Gasteiger partial charge on any atom is 0.311 e. The molecule has 0 radical (unpaired) electrons. The van der Waals surface area contributed by atoms with Crippen molar-refractivity contribution in [2.24, 2.45) is 29.1 Å². The summed E-state index contributed by atoms with van der Waals surface area (Å²) in [7, 11) is 12.9. The highest BCUT2D eigenvalue weighted by Crippen LogP contribution is 2.45. The van der Waals surface area contributed by atoms with Crippen LogP contribution in [0.5, 0.6) is 46.0 Å². The van der Waals surface area contributed by atoms with E-state index in [1.54, 1.807) is 56.9 Å². The average molecular weight is 861 g/mol. The van der Waals surface area contributed by atoms with Crippen molar-refractivity contribution in [2.75, 3.05) is 83.3 Å². The van der Waals surface area contributed by atoms with Crippen molar-refractivity contribution in [1.29, 1.82) is 0 Å². The molecule has 4 aromatic rings. The zero-order valence-electron chi connectivity index (χ0n) is 38.0. The summed E-state index contributed by atoms with van der Waals surface area (Å²) >= 11 is 0. The van der Waals surface area contributed by atoms with Gasteiger partial charge in [0.15, 0.2) is 46.0 Å². The highest BCUT2D eigenvalue weighted by atomic mass is 16.5. The van der Waals surface area contributed by atoms with Gasteiger partial charge in [0.05, 0.1) is 94.3 Å². The molecule has 13 heteroatoms. The number of carbonyl (C=O) groups is 1. The Hall–Kier alpha value is -5.37. The normalized spacial score (nSPS) is 20.6. The molecule has 1 N–H and O–H groups in total. The first kappa shape index (κ1) is 47.7. The molecule has 0 saturated carbocycles. The van der Waals surface area contributed by atoms with E-state index in [4.69, 9.17) is 52.1 Å². The molecule has 13 nitrogen and oxygen atoms in total. The van der Waals surface area contributed by atoms with Gasteiger partial charge in [-0.3, -0.25) is 4.79 Å². The molecule has 6 atom stereocenters. The molecule has 2 fully saturated rings. The summed E-state index contributed by atoms with van der Waals surface area (Å²) in [4.78, 5) is 12.5. The summed E-state index contributed by atoms with van der Waals surface area (Å²) in [5, 5.41) is 10.1. The third kappa shape index (κ3) is 11.4. The molecule has 6 rings (SSSR count). The monoisotopic (exact) mass is 860 g/mol. The first-order valence-corrected chi connectivity index (χ1v) is 20.7. The van der Waals surface area contributed by atoms with Gasteiger partial charge in [-0.2, -0.15) is 0 Å². The minimum Gasteiger partial charge on any atom is -0.493 e. The van der Waals surface area contributed by atoms with E-state index in [-0.39, 0.29) is 55.1 Å². The van der Waals surface area contributed by atoms with Crippen LogP contribution in [0.2, 0.25) is 0 Å². The lowest BCUT2D eigenvalue weighted by Crippen LogP contribution is -2.29. The first-order valence-electron chi connectivity index (χ1n) is 20.7. The molecule has 4 aromatic carbocycles. The van der Waals surface area contributed by atoms with Gasteiger partial charge in [-0.05, 0) is 116 Å².